The van der Waals surface area contributed by atoms with Gasteiger partial charge in [0.05, 0.1) is 12.3 Å². The minimum absolute atomic E-state index is 0.762. The molecule has 0 aromatic carbocycles. The van der Waals surface area contributed by atoms with Crippen LogP contribution in [-0.4, -0.2) is 24.7 Å². The third-order valence-corrected chi connectivity index (χ3v) is 3.22. The third kappa shape index (κ3) is 4.62. The Balaban J connectivity index is 2.10. The van der Waals surface area contributed by atoms with Gasteiger partial charge in [-0.3, -0.25) is 0 Å². The fraction of sp³-hybridized carbons (Fsp3) is 0.727. The van der Waals surface area contributed by atoms with Crippen molar-refractivity contribution in [3.8, 4) is 0 Å². The second-order valence-electron chi connectivity index (χ2n) is 3.55. The fourth-order valence-corrected chi connectivity index (χ4v) is 1.97. The van der Waals surface area contributed by atoms with Crippen molar-refractivity contribution < 1.29 is 4.74 Å². The summed E-state index contributed by atoms with van der Waals surface area (Å²) in [5.41, 5.74) is 1.12. The normalized spacial score (nSPS) is 10.6. The van der Waals surface area contributed by atoms with E-state index in [4.69, 9.17) is 4.74 Å². The number of hydrogen-bond acceptors (Lipinski definition) is 4. The van der Waals surface area contributed by atoms with Crippen molar-refractivity contribution in [1.82, 2.24) is 4.98 Å². The first kappa shape index (κ1) is 12.5. The average Bonchev–Trinajstić information content (AvgIpc) is 2.52. The number of anilines is 1. The summed E-state index contributed by atoms with van der Waals surface area (Å²) >= 11 is 1.70. The van der Waals surface area contributed by atoms with Crippen LogP contribution in [0.1, 0.15) is 30.3 Å². The summed E-state index contributed by atoms with van der Waals surface area (Å²) in [5, 5.41) is 4.27. The average molecular weight is 228 g/mol. The monoisotopic (exact) mass is 228 g/mol. The molecule has 0 saturated heterocycles. The highest BCUT2D eigenvalue weighted by atomic mass is 32.1. The van der Waals surface area contributed by atoms with Crippen LogP contribution < -0.4 is 5.32 Å². The maximum Gasteiger partial charge on any atom is 0.183 e. The number of thiazole rings is 1. The molecule has 0 atom stereocenters. The van der Waals surface area contributed by atoms with Crippen LogP contribution in [0.15, 0.2) is 0 Å². The van der Waals surface area contributed by atoms with E-state index in [2.05, 4.69) is 24.1 Å². The highest BCUT2D eigenvalue weighted by Crippen LogP contribution is 2.20. The quantitative estimate of drug-likeness (QED) is 0.728. The predicted molar refractivity (Wildman–Crippen MR) is 65.8 cm³/mol. The highest BCUT2D eigenvalue weighted by molar-refractivity contribution is 7.15. The summed E-state index contributed by atoms with van der Waals surface area (Å²) in [6, 6.07) is 0. The Labute approximate surface area is 95.9 Å². The summed E-state index contributed by atoms with van der Waals surface area (Å²) in [5.74, 6) is 0. The molecule has 86 valence electrons. The molecule has 0 saturated carbocycles. The topological polar surface area (TPSA) is 34.1 Å². The van der Waals surface area contributed by atoms with Crippen LogP contribution in [0.25, 0.3) is 0 Å². The Bertz CT molecular complexity index is 267. The SMILES string of the molecule is CCCCOCCNc1nc(C)c(C)s1. The fourth-order valence-electron chi connectivity index (χ4n) is 1.13. The second-order valence-corrected chi connectivity index (χ2v) is 4.76. The minimum atomic E-state index is 0.762. The maximum absolute atomic E-state index is 5.45. The molecule has 0 bridgehead atoms. The van der Waals surface area contributed by atoms with E-state index in [-0.39, 0.29) is 0 Å². The molecule has 1 N–H and O–H groups in total. The Hall–Kier alpha value is -0.610. The van der Waals surface area contributed by atoms with Crippen LogP contribution in [-0.2, 0) is 4.74 Å². The maximum atomic E-state index is 5.45. The van der Waals surface area contributed by atoms with Gasteiger partial charge in [0, 0.05) is 18.0 Å². The highest BCUT2D eigenvalue weighted by Gasteiger charge is 2.01. The molecule has 1 rings (SSSR count). The van der Waals surface area contributed by atoms with Crippen LogP contribution >= 0.6 is 11.3 Å². The smallest absolute Gasteiger partial charge is 0.183 e. The first-order chi connectivity index (χ1) is 7.24. The summed E-state index contributed by atoms with van der Waals surface area (Å²) in [6.07, 6.45) is 2.34. The van der Waals surface area contributed by atoms with Crippen molar-refractivity contribution in [1.29, 1.82) is 0 Å². The van der Waals surface area contributed by atoms with Gasteiger partial charge in [-0.15, -0.1) is 11.3 Å². The Morgan fingerprint density at radius 3 is 2.73 bits per heavy atom. The van der Waals surface area contributed by atoms with Gasteiger partial charge in [0.2, 0.25) is 0 Å². The number of unbranched alkanes of at least 4 members (excludes halogenated alkanes) is 1. The van der Waals surface area contributed by atoms with E-state index >= 15 is 0 Å². The Kier molecular flexibility index (Phi) is 5.65. The van der Waals surface area contributed by atoms with Crippen LogP contribution in [0.4, 0.5) is 5.13 Å². The molecule has 3 nitrogen and oxygen atoms in total. The van der Waals surface area contributed by atoms with E-state index < -0.39 is 0 Å². The number of rotatable bonds is 7. The molecule has 1 aromatic rings. The zero-order valence-electron chi connectivity index (χ0n) is 9.80. The number of nitrogens with zero attached hydrogens (tertiary/aromatic N) is 1. The van der Waals surface area contributed by atoms with Crippen LogP contribution in [0, 0.1) is 13.8 Å². The van der Waals surface area contributed by atoms with Gasteiger partial charge in [-0.25, -0.2) is 4.98 Å². The second kappa shape index (κ2) is 6.80. The minimum Gasteiger partial charge on any atom is -0.380 e. The van der Waals surface area contributed by atoms with E-state index in [0.29, 0.717) is 0 Å². The molecule has 15 heavy (non-hydrogen) atoms. The molecule has 1 heterocycles. The van der Waals surface area contributed by atoms with E-state index in [1.165, 1.54) is 11.3 Å². The number of aryl methyl sites for hydroxylation is 2. The molecular formula is C11H20N2OS. The van der Waals surface area contributed by atoms with Gasteiger partial charge in [-0.05, 0) is 20.3 Å². The molecule has 0 aliphatic rings. The molecular weight excluding hydrogens is 208 g/mol. The lowest BCUT2D eigenvalue weighted by molar-refractivity contribution is 0.141. The van der Waals surface area contributed by atoms with Gasteiger partial charge in [-0.2, -0.15) is 0 Å². The van der Waals surface area contributed by atoms with Gasteiger partial charge in [0.25, 0.3) is 0 Å². The molecule has 0 radical (unpaired) electrons. The first-order valence-corrected chi connectivity index (χ1v) is 6.31. The lowest BCUT2D eigenvalue weighted by Gasteiger charge is -2.03. The first-order valence-electron chi connectivity index (χ1n) is 5.49. The summed E-state index contributed by atoms with van der Waals surface area (Å²) < 4.78 is 5.45. The van der Waals surface area contributed by atoms with Crippen molar-refractivity contribution in [2.24, 2.45) is 0 Å². The van der Waals surface area contributed by atoms with Crippen molar-refractivity contribution in [3.05, 3.63) is 10.6 Å². The zero-order valence-corrected chi connectivity index (χ0v) is 10.6. The van der Waals surface area contributed by atoms with E-state index in [1.807, 2.05) is 6.92 Å². The Morgan fingerprint density at radius 2 is 2.13 bits per heavy atom. The van der Waals surface area contributed by atoms with Gasteiger partial charge in [0.1, 0.15) is 0 Å². The number of hydrogen-bond donors (Lipinski definition) is 1. The summed E-state index contributed by atoms with van der Waals surface area (Å²) in [6.45, 7) is 8.77. The lowest BCUT2D eigenvalue weighted by Crippen LogP contribution is -2.09. The van der Waals surface area contributed by atoms with Crippen molar-refractivity contribution in [2.75, 3.05) is 25.1 Å². The van der Waals surface area contributed by atoms with Gasteiger partial charge >= 0.3 is 0 Å². The summed E-state index contributed by atoms with van der Waals surface area (Å²) in [7, 11) is 0. The van der Waals surface area contributed by atoms with Gasteiger partial charge in [-0.1, -0.05) is 13.3 Å². The summed E-state index contributed by atoms with van der Waals surface area (Å²) in [4.78, 5) is 5.68. The van der Waals surface area contributed by atoms with Crippen molar-refractivity contribution in [2.45, 2.75) is 33.6 Å². The Morgan fingerprint density at radius 1 is 1.33 bits per heavy atom. The van der Waals surface area contributed by atoms with Gasteiger partial charge in [0.15, 0.2) is 5.13 Å². The largest absolute Gasteiger partial charge is 0.380 e. The molecule has 0 amide bonds. The third-order valence-electron chi connectivity index (χ3n) is 2.19. The number of aromatic nitrogens is 1. The van der Waals surface area contributed by atoms with Crippen molar-refractivity contribution in [3.63, 3.8) is 0 Å². The molecule has 0 aliphatic heterocycles. The molecule has 1 aromatic heterocycles. The van der Waals surface area contributed by atoms with E-state index in [1.54, 1.807) is 11.3 Å². The number of nitrogens with one attached hydrogen (secondary N) is 1. The van der Waals surface area contributed by atoms with E-state index in [0.717, 1.165) is 37.0 Å². The predicted octanol–water partition coefficient (Wildman–Crippen LogP) is 2.99. The molecule has 0 spiro atoms. The van der Waals surface area contributed by atoms with Crippen molar-refractivity contribution >= 4 is 16.5 Å². The van der Waals surface area contributed by atoms with E-state index in [9.17, 15) is 0 Å². The molecule has 4 heteroatoms. The lowest BCUT2D eigenvalue weighted by atomic mass is 10.4. The molecule has 0 unspecified atom stereocenters. The standard InChI is InChI=1S/C11H20N2OS/c1-4-5-7-14-8-6-12-11-13-9(2)10(3)15-11/h4-8H2,1-3H3,(H,12,13). The van der Waals surface area contributed by atoms with Crippen LogP contribution in [0.5, 0.6) is 0 Å². The van der Waals surface area contributed by atoms with Crippen LogP contribution in [0.3, 0.4) is 0 Å². The molecule has 0 aliphatic carbocycles. The molecule has 0 fully saturated rings. The zero-order chi connectivity index (χ0) is 11.1. The van der Waals surface area contributed by atoms with Crippen LogP contribution in [0.2, 0.25) is 0 Å². The number of ether oxygens (including phenoxy) is 1. The van der Waals surface area contributed by atoms with Gasteiger partial charge < -0.3 is 10.1 Å².